The van der Waals surface area contributed by atoms with Crippen molar-refractivity contribution in [2.24, 2.45) is 5.41 Å². The Morgan fingerprint density at radius 2 is 1.77 bits per heavy atom. The van der Waals surface area contributed by atoms with Gasteiger partial charge in [0, 0.05) is 36.0 Å². The molecule has 0 radical (unpaired) electrons. The predicted molar refractivity (Wildman–Crippen MR) is 156 cm³/mol. The van der Waals surface area contributed by atoms with Crippen molar-refractivity contribution in [2.75, 3.05) is 17.7 Å². The lowest BCUT2D eigenvalue weighted by molar-refractivity contribution is -0.145. The number of amides is 3. The van der Waals surface area contributed by atoms with Crippen LogP contribution < -0.4 is 16.0 Å². The average molecular weight is 540 g/mol. The summed E-state index contributed by atoms with van der Waals surface area (Å²) in [4.78, 5) is 46.2. The largest absolute Gasteiger partial charge is 0.326 e. The zero-order chi connectivity index (χ0) is 28.7. The van der Waals surface area contributed by atoms with Crippen LogP contribution in [0.3, 0.4) is 0 Å². The fourth-order valence-electron chi connectivity index (χ4n) is 5.81. The standard InChI is InChI=1S/C32H37N5O3/c1-20(37(30(40)31(2,3)4)19-23-10-7-6-9-22(23)18-33-5)28(38)35-25-13-12-21-16-32(17-24(21)15-25)26-11-8-14-34-27(26)36-29(32)39/h6-15,20,33H,16-19H2,1-5H3,(H,35,38)(H,34,36,39)/t20-,32?/m0/s1. The van der Waals surface area contributed by atoms with Crippen LogP contribution in [0.15, 0.2) is 60.8 Å². The topological polar surface area (TPSA) is 103 Å². The van der Waals surface area contributed by atoms with E-state index in [4.69, 9.17) is 0 Å². The molecule has 208 valence electrons. The van der Waals surface area contributed by atoms with E-state index in [1.807, 2.05) is 82.4 Å². The molecular weight excluding hydrogens is 502 g/mol. The maximum absolute atomic E-state index is 13.6. The molecule has 1 spiro atoms. The fourth-order valence-corrected chi connectivity index (χ4v) is 5.81. The summed E-state index contributed by atoms with van der Waals surface area (Å²) in [6.07, 6.45) is 2.82. The van der Waals surface area contributed by atoms with Gasteiger partial charge in [-0.3, -0.25) is 14.4 Å². The molecule has 5 rings (SSSR count). The first-order chi connectivity index (χ1) is 19.0. The van der Waals surface area contributed by atoms with Crippen LogP contribution in [0.1, 0.15) is 55.5 Å². The molecule has 3 N–H and O–H groups in total. The Morgan fingerprint density at radius 1 is 1.05 bits per heavy atom. The Labute approximate surface area is 235 Å². The van der Waals surface area contributed by atoms with Crippen LogP contribution in [0, 0.1) is 5.41 Å². The van der Waals surface area contributed by atoms with Crippen molar-refractivity contribution in [3.8, 4) is 0 Å². The number of nitrogens with zero attached hydrogens (tertiary/aromatic N) is 2. The van der Waals surface area contributed by atoms with E-state index in [2.05, 4.69) is 20.9 Å². The van der Waals surface area contributed by atoms with Gasteiger partial charge < -0.3 is 20.9 Å². The van der Waals surface area contributed by atoms with Crippen LogP contribution >= 0.6 is 0 Å². The number of aromatic nitrogens is 1. The molecule has 2 atom stereocenters. The molecule has 0 bridgehead atoms. The second-order valence-corrected chi connectivity index (χ2v) is 11.9. The van der Waals surface area contributed by atoms with Crippen molar-refractivity contribution >= 4 is 29.2 Å². The minimum absolute atomic E-state index is 0.0357. The quantitative estimate of drug-likeness (QED) is 0.418. The van der Waals surface area contributed by atoms with Gasteiger partial charge in [-0.1, -0.05) is 57.2 Å². The van der Waals surface area contributed by atoms with E-state index < -0.39 is 16.9 Å². The lowest BCUT2D eigenvalue weighted by Crippen LogP contribution is -2.49. The number of carbonyl (C=O) groups is 3. The first-order valence-electron chi connectivity index (χ1n) is 13.8. The molecule has 1 aromatic heterocycles. The molecule has 8 nitrogen and oxygen atoms in total. The molecule has 0 saturated heterocycles. The Kier molecular flexibility index (Phi) is 7.23. The SMILES string of the molecule is CNCc1ccccc1CN(C(=O)C(C)(C)C)[C@@H](C)C(=O)Nc1ccc2c(c1)CC1(C2)C(=O)Nc2ncccc21. The van der Waals surface area contributed by atoms with Crippen molar-refractivity contribution in [3.63, 3.8) is 0 Å². The van der Waals surface area contributed by atoms with Crippen molar-refractivity contribution in [1.82, 2.24) is 15.2 Å². The molecule has 1 unspecified atom stereocenters. The Morgan fingerprint density at radius 3 is 2.50 bits per heavy atom. The summed E-state index contributed by atoms with van der Waals surface area (Å²) < 4.78 is 0. The third-order valence-corrected chi connectivity index (χ3v) is 8.02. The van der Waals surface area contributed by atoms with Crippen LogP contribution in [-0.4, -0.2) is 40.7 Å². The number of nitrogens with one attached hydrogen (secondary N) is 3. The molecule has 0 fully saturated rings. The Balaban J connectivity index is 1.36. The monoisotopic (exact) mass is 539 g/mol. The predicted octanol–water partition coefficient (Wildman–Crippen LogP) is 4.19. The smallest absolute Gasteiger partial charge is 0.246 e. The molecule has 2 heterocycles. The molecule has 1 aliphatic carbocycles. The summed E-state index contributed by atoms with van der Waals surface area (Å²) in [6.45, 7) is 8.39. The van der Waals surface area contributed by atoms with Gasteiger partial charge in [-0.2, -0.15) is 0 Å². The molecular formula is C32H37N5O3. The maximum atomic E-state index is 13.6. The molecule has 0 saturated carbocycles. The van der Waals surface area contributed by atoms with Gasteiger partial charge >= 0.3 is 0 Å². The van der Waals surface area contributed by atoms with Gasteiger partial charge in [0.1, 0.15) is 11.9 Å². The number of hydrogen-bond acceptors (Lipinski definition) is 5. The normalized spacial score (nSPS) is 18.2. The summed E-state index contributed by atoms with van der Waals surface area (Å²) >= 11 is 0. The van der Waals surface area contributed by atoms with Crippen LogP contribution in [0.4, 0.5) is 11.5 Å². The highest BCUT2D eigenvalue weighted by Crippen LogP contribution is 2.47. The van der Waals surface area contributed by atoms with Crippen molar-refractivity contribution in [1.29, 1.82) is 0 Å². The minimum Gasteiger partial charge on any atom is -0.326 e. The zero-order valence-corrected chi connectivity index (χ0v) is 23.8. The first kappa shape index (κ1) is 27.5. The number of pyridine rings is 1. The molecule has 1 aliphatic heterocycles. The third kappa shape index (κ3) is 4.99. The first-order valence-corrected chi connectivity index (χ1v) is 13.8. The van der Waals surface area contributed by atoms with Gasteiger partial charge in [0.2, 0.25) is 17.7 Å². The Bertz CT molecular complexity index is 1480. The highest BCUT2D eigenvalue weighted by Gasteiger charge is 2.51. The van der Waals surface area contributed by atoms with Crippen LogP contribution in [0.5, 0.6) is 0 Å². The maximum Gasteiger partial charge on any atom is 0.246 e. The van der Waals surface area contributed by atoms with E-state index in [-0.39, 0.29) is 17.7 Å². The van der Waals surface area contributed by atoms with Crippen LogP contribution in [0.2, 0.25) is 0 Å². The van der Waals surface area contributed by atoms with Gasteiger partial charge in [0.05, 0.1) is 5.41 Å². The van der Waals surface area contributed by atoms with Gasteiger partial charge in [0.15, 0.2) is 0 Å². The average Bonchev–Trinajstić information content (AvgIpc) is 3.44. The molecule has 2 aromatic carbocycles. The van der Waals surface area contributed by atoms with E-state index in [0.29, 0.717) is 37.4 Å². The highest BCUT2D eigenvalue weighted by atomic mass is 16.2. The minimum atomic E-state index is -0.701. The molecule has 3 aromatic rings. The van der Waals surface area contributed by atoms with Crippen molar-refractivity contribution < 1.29 is 14.4 Å². The van der Waals surface area contributed by atoms with E-state index in [1.165, 1.54) is 0 Å². The zero-order valence-electron chi connectivity index (χ0n) is 23.8. The lowest BCUT2D eigenvalue weighted by Gasteiger charge is -2.34. The number of benzene rings is 2. The van der Waals surface area contributed by atoms with E-state index in [9.17, 15) is 14.4 Å². The van der Waals surface area contributed by atoms with Gasteiger partial charge in [-0.05, 0) is 67.3 Å². The van der Waals surface area contributed by atoms with Crippen LogP contribution in [-0.2, 0) is 45.7 Å². The molecule has 3 amide bonds. The van der Waals surface area contributed by atoms with Gasteiger partial charge in [0.25, 0.3) is 0 Å². The lowest BCUT2D eigenvalue weighted by atomic mass is 9.79. The number of hydrogen-bond donors (Lipinski definition) is 3. The number of rotatable bonds is 7. The second kappa shape index (κ2) is 10.5. The summed E-state index contributed by atoms with van der Waals surface area (Å²) in [7, 11) is 1.89. The van der Waals surface area contributed by atoms with E-state index in [1.54, 1.807) is 18.0 Å². The Hall–Kier alpha value is -4.04. The van der Waals surface area contributed by atoms with Gasteiger partial charge in [-0.25, -0.2) is 4.98 Å². The van der Waals surface area contributed by atoms with Crippen LogP contribution in [0.25, 0.3) is 0 Å². The summed E-state index contributed by atoms with van der Waals surface area (Å²) in [5, 5.41) is 9.14. The third-order valence-electron chi connectivity index (χ3n) is 8.02. The number of carbonyl (C=O) groups excluding carboxylic acids is 3. The van der Waals surface area contributed by atoms with E-state index >= 15 is 0 Å². The summed E-state index contributed by atoms with van der Waals surface area (Å²) in [5.74, 6) is 0.239. The van der Waals surface area contributed by atoms with E-state index in [0.717, 1.165) is 27.8 Å². The van der Waals surface area contributed by atoms with Crippen molar-refractivity contribution in [3.05, 3.63) is 88.6 Å². The fraction of sp³-hybridized carbons (Fsp3) is 0.375. The number of fused-ring (bicyclic) bond motifs is 3. The highest BCUT2D eigenvalue weighted by molar-refractivity contribution is 6.06. The molecule has 40 heavy (non-hydrogen) atoms. The number of anilines is 2. The molecule has 8 heteroatoms. The summed E-state index contributed by atoms with van der Waals surface area (Å²) in [6, 6.07) is 16.9. The summed E-state index contributed by atoms with van der Waals surface area (Å²) in [5.41, 5.74) is 4.46. The van der Waals surface area contributed by atoms with Crippen molar-refractivity contribution in [2.45, 2.75) is 65.1 Å². The van der Waals surface area contributed by atoms with Gasteiger partial charge in [-0.15, -0.1) is 0 Å². The second-order valence-electron chi connectivity index (χ2n) is 11.9. The molecule has 2 aliphatic rings.